The van der Waals surface area contributed by atoms with Gasteiger partial charge in [0.2, 0.25) is 0 Å². The number of nitro groups is 1. The van der Waals surface area contributed by atoms with Crippen LogP contribution in [-0.2, 0) is 0 Å². The van der Waals surface area contributed by atoms with E-state index in [2.05, 4.69) is 15.9 Å². The lowest BCUT2D eigenvalue weighted by atomic mass is 10.1. The summed E-state index contributed by atoms with van der Waals surface area (Å²) in [5.74, 6) is -1.09. The molecular formula is C14H10BrFN2O3. The summed E-state index contributed by atoms with van der Waals surface area (Å²) in [6, 6.07) is 9.94. The average Bonchev–Trinajstić information content (AvgIpc) is 2.46. The van der Waals surface area contributed by atoms with Crippen LogP contribution in [-0.4, -0.2) is 17.9 Å². The monoisotopic (exact) mass is 352 g/mol. The van der Waals surface area contributed by atoms with Crippen LogP contribution >= 0.6 is 15.9 Å². The van der Waals surface area contributed by atoms with E-state index >= 15 is 0 Å². The van der Waals surface area contributed by atoms with Crippen molar-refractivity contribution in [3.8, 4) is 0 Å². The van der Waals surface area contributed by atoms with Crippen molar-refractivity contribution in [3.05, 3.63) is 68.4 Å². The molecule has 2 aromatic carbocycles. The molecule has 2 aromatic rings. The zero-order valence-corrected chi connectivity index (χ0v) is 12.5. The lowest BCUT2D eigenvalue weighted by Gasteiger charge is -2.18. The normalized spacial score (nSPS) is 10.2. The van der Waals surface area contributed by atoms with E-state index in [1.807, 2.05) is 0 Å². The number of benzene rings is 2. The number of halogens is 2. The Morgan fingerprint density at radius 3 is 2.52 bits per heavy atom. The summed E-state index contributed by atoms with van der Waals surface area (Å²) < 4.78 is 13.8. The lowest BCUT2D eigenvalue weighted by Crippen LogP contribution is -2.27. The molecule has 0 aliphatic rings. The number of hydrogen-bond acceptors (Lipinski definition) is 3. The molecule has 1 amide bonds. The number of amides is 1. The zero-order valence-electron chi connectivity index (χ0n) is 10.9. The van der Waals surface area contributed by atoms with Crippen LogP contribution in [0.25, 0.3) is 0 Å². The van der Waals surface area contributed by atoms with Crippen LogP contribution in [0, 0.1) is 15.9 Å². The summed E-state index contributed by atoms with van der Waals surface area (Å²) in [5, 5.41) is 10.9. The summed E-state index contributed by atoms with van der Waals surface area (Å²) in [5.41, 5.74) is -0.0290. The predicted molar refractivity (Wildman–Crippen MR) is 79.9 cm³/mol. The highest BCUT2D eigenvalue weighted by Crippen LogP contribution is 2.30. The number of anilines is 1. The highest BCUT2D eigenvalue weighted by Gasteiger charge is 2.23. The fourth-order valence-corrected chi connectivity index (χ4v) is 2.42. The molecule has 0 aliphatic carbocycles. The molecule has 21 heavy (non-hydrogen) atoms. The van der Waals surface area contributed by atoms with Gasteiger partial charge in [-0.1, -0.05) is 18.2 Å². The Morgan fingerprint density at radius 2 is 1.90 bits per heavy atom. The number of rotatable bonds is 3. The first-order chi connectivity index (χ1) is 9.93. The standard InChI is InChI=1S/C14H10BrFN2O3/c1-17(11-7-3-2-6-10(11)16)14(19)9-5-4-8-12(13(9)15)18(20)21/h2-8H,1H3. The molecule has 0 saturated carbocycles. The lowest BCUT2D eigenvalue weighted by molar-refractivity contribution is -0.385. The minimum absolute atomic E-state index is 0.0724. The van der Waals surface area contributed by atoms with Crippen LogP contribution < -0.4 is 4.90 Å². The first kappa shape index (κ1) is 15.1. The van der Waals surface area contributed by atoms with Gasteiger partial charge in [0.15, 0.2) is 0 Å². The molecule has 0 unspecified atom stereocenters. The van der Waals surface area contributed by atoms with Gasteiger partial charge < -0.3 is 4.90 Å². The highest BCUT2D eigenvalue weighted by atomic mass is 79.9. The van der Waals surface area contributed by atoms with Gasteiger partial charge in [0.05, 0.1) is 16.2 Å². The smallest absolute Gasteiger partial charge is 0.284 e. The topological polar surface area (TPSA) is 63.5 Å². The number of carbonyl (C=O) groups is 1. The van der Waals surface area contributed by atoms with Crippen molar-refractivity contribution in [2.45, 2.75) is 0 Å². The third-order valence-corrected chi connectivity index (χ3v) is 3.76. The van der Waals surface area contributed by atoms with Crippen molar-refractivity contribution in [3.63, 3.8) is 0 Å². The Labute approximate surface area is 128 Å². The molecule has 0 atom stereocenters. The van der Waals surface area contributed by atoms with E-state index in [-0.39, 0.29) is 21.4 Å². The van der Waals surface area contributed by atoms with Crippen LogP contribution in [0.4, 0.5) is 15.8 Å². The van der Waals surface area contributed by atoms with Crippen molar-refractivity contribution < 1.29 is 14.1 Å². The van der Waals surface area contributed by atoms with Gasteiger partial charge in [-0.15, -0.1) is 0 Å². The van der Waals surface area contributed by atoms with Crippen molar-refractivity contribution in [2.75, 3.05) is 11.9 Å². The molecule has 0 bridgehead atoms. The molecule has 0 radical (unpaired) electrons. The van der Waals surface area contributed by atoms with Crippen LogP contribution in [0.2, 0.25) is 0 Å². The van der Waals surface area contributed by atoms with E-state index < -0.39 is 16.6 Å². The highest BCUT2D eigenvalue weighted by molar-refractivity contribution is 9.10. The van der Waals surface area contributed by atoms with Crippen LogP contribution in [0.1, 0.15) is 10.4 Å². The fourth-order valence-electron chi connectivity index (χ4n) is 1.84. The Bertz CT molecular complexity index is 721. The first-order valence-electron chi connectivity index (χ1n) is 5.89. The molecule has 0 aliphatic heterocycles. The Hall–Kier alpha value is -2.28. The molecule has 108 valence electrons. The molecule has 0 N–H and O–H groups in total. The van der Waals surface area contributed by atoms with E-state index in [0.29, 0.717) is 0 Å². The average molecular weight is 353 g/mol. The summed E-state index contributed by atoms with van der Waals surface area (Å²) in [6.07, 6.45) is 0. The first-order valence-corrected chi connectivity index (χ1v) is 6.68. The molecular weight excluding hydrogens is 343 g/mol. The minimum atomic E-state index is -0.593. The second-order valence-electron chi connectivity index (χ2n) is 4.21. The van der Waals surface area contributed by atoms with Gasteiger partial charge in [0, 0.05) is 13.1 Å². The van der Waals surface area contributed by atoms with Crippen molar-refractivity contribution in [1.82, 2.24) is 0 Å². The van der Waals surface area contributed by atoms with E-state index in [4.69, 9.17) is 0 Å². The number of nitrogens with zero attached hydrogens (tertiary/aromatic N) is 2. The maximum atomic E-state index is 13.7. The van der Waals surface area contributed by atoms with Gasteiger partial charge in [-0.3, -0.25) is 14.9 Å². The Kier molecular flexibility index (Phi) is 4.32. The number of hydrogen-bond donors (Lipinski definition) is 0. The zero-order chi connectivity index (χ0) is 15.6. The van der Waals surface area contributed by atoms with Crippen LogP contribution in [0.3, 0.4) is 0 Å². The quantitative estimate of drug-likeness (QED) is 0.623. The molecule has 2 rings (SSSR count). The van der Waals surface area contributed by atoms with Crippen LogP contribution in [0.5, 0.6) is 0 Å². The summed E-state index contributed by atoms with van der Waals surface area (Å²) in [6.45, 7) is 0. The molecule has 7 heteroatoms. The Morgan fingerprint density at radius 1 is 1.24 bits per heavy atom. The number of carbonyl (C=O) groups excluding carboxylic acids is 1. The summed E-state index contributed by atoms with van der Waals surface area (Å²) >= 11 is 3.06. The van der Waals surface area contributed by atoms with E-state index in [1.54, 1.807) is 6.07 Å². The van der Waals surface area contributed by atoms with Crippen molar-refractivity contribution in [1.29, 1.82) is 0 Å². The summed E-state index contributed by atoms with van der Waals surface area (Å²) in [4.78, 5) is 23.8. The molecule has 0 spiro atoms. The number of nitro benzene ring substituents is 1. The van der Waals surface area contributed by atoms with Crippen molar-refractivity contribution in [2.24, 2.45) is 0 Å². The molecule has 0 aromatic heterocycles. The Balaban J connectivity index is 2.44. The largest absolute Gasteiger partial charge is 0.309 e. The van der Waals surface area contributed by atoms with E-state index in [1.165, 1.54) is 43.4 Å². The van der Waals surface area contributed by atoms with Gasteiger partial charge in [-0.2, -0.15) is 0 Å². The van der Waals surface area contributed by atoms with E-state index in [9.17, 15) is 19.3 Å². The van der Waals surface area contributed by atoms with E-state index in [0.717, 1.165) is 4.90 Å². The maximum absolute atomic E-state index is 13.7. The third-order valence-electron chi connectivity index (χ3n) is 2.92. The van der Waals surface area contributed by atoms with Gasteiger partial charge in [0.1, 0.15) is 10.3 Å². The molecule has 5 nitrogen and oxygen atoms in total. The second kappa shape index (κ2) is 6.01. The second-order valence-corrected chi connectivity index (χ2v) is 5.00. The fraction of sp³-hybridized carbons (Fsp3) is 0.0714. The van der Waals surface area contributed by atoms with Gasteiger partial charge >= 0.3 is 0 Å². The van der Waals surface area contributed by atoms with Gasteiger partial charge in [0.25, 0.3) is 11.6 Å². The summed E-state index contributed by atoms with van der Waals surface area (Å²) in [7, 11) is 1.41. The van der Waals surface area contributed by atoms with Gasteiger partial charge in [-0.25, -0.2) is 4.39 Å². The molecule has 0 fully saturated rings. The molecule has 0 saturated heterocycles. The number of para-hydroxylation sites is 1. The predicted octanol–water partition coefficient (Wildman–Crippen LogP) is 3.77. The SMILES string of the molecule is CN(C(=O)c1cccc([N+](=O)[O-])c1Br)c1ccccc1F. The van der Waals surface area contributed by atoms with Gasteiger partial charge in [-0.05, 0) is 34.1 Å². The maximum Gasteiger partial charge on any atom is 0.284 e. The third kappa shape index (κ3) is 2.92. The minimum Gasteiger partial charge on any atom is -0.309 e. The van der Waals surface area contributed by atoms with Crippen LogP contribution in [0.15, 0.2) is 46.9 Å². The van der Waals surface area contributed by atoms with Crippen molar-refractivity contribution >= 4 is 33.2 Å². The molecule has 0 heterocycles.